The third-order valence-electron chi connectivity index (χ3n) is 2.61. The Hall–Kier alpha value is -0.980. The van der Waals surface area contributed by atoms with Crippen LogP contribution in [0.2, 0.25) is 0 Å². The van der Waals surface area contributed by atoms with E-state index in [4.69, 9.17) is 0 Å². The van der Waals surface area contributed by atoms with E-state index in [1.54, 1.807) is 6.08 Å². The fourth-order valence-electron chi connectivity index (χ4n) is 1.64. The van der Waals surface area contributed by atoms with Crippen molar-refractivity contribution >= 4 is 52.7 Å². The van der Waals surface area contributed by atoms with E-state index in [0.29, 0.717) is 4.24 Å². The van der Waals surface area contributed by atoms with Crippen LogP contribution in [0.3, 0.4) is 0 Å². The Morgan fingerprint density at radius 1 is 1.20 bits per heavy atom. The number of rotatable bonds is 4. The number of carbonyl (C=O) groups excluding carboxylic acids is 1. The van der Waals surface area contributed by atoms with E-state index in [0.717, 1.165) is 29.2 Å². The topological polar surface area (TPSA) is 54.4 Å². The largest absolute Gasteiger partial charge is 0.477 e. The second kappa shape index (κ2) is 7.71. The number of aliphatic carboxylic acids is 1. The summed E-state index contributed by atoms with van der Waals surface area (Å²) < 4.78 is 0.649. The van der Waals surface area contributed by atoms with Gasteiger partial charge in [-0.2, -0.15) is 0 Å². The van der Waals surface area contributed by atoms with Crippen LogP contribution in [0.15, 0.2) is 33.4 Å². The first-order chi connectivity index (χ1) is 9.68. The number of thiophene rings is 1. The molecule has 0 saturated carbocycles. The number of carboxylic acids is 1. The molecule has 0 unspecified atom stereocenters. The predicted molar refractivity (Wildman–Crippen MR) is 87.2 cm³/mol. The minimum Gasteiger partial charge on any atom is -0.477 e. The van der Waals surface area contributed by atoms with E-state index < -0.39 is 11.8 Å². The lowest BCUT2D eigenvalue weighted by Crippen LogP contribution is -2.11. The first-order valence-corrected chi connectivity index (χ1v) is 9.02. The van der Waals surface area contributed by atoms with Crippen LogP contribution < -0.4 is 0 Å². The number of hydrogen-bond acceptors (Lipinski definition) is 5. The molecule has 0 aliphatic carbocycles. The van der Waals surface area contributed by atoms with Gasteiger partial charge in [0.2, 0.25) is 0 Å². The Balaban J connectivity index is 2.21. The van der Waals surface area contributed by atoms with Gasteiger partial charge in [0.1, 0.15) is 5.57 Å². The molecule has 0 aromatic carbocycles. The van der Waals surface area contributed by atoms with Crippen LogP contribution in [0.25, 0.3) is 6.08 Å². The summed E-state index contributed by atoms with van der Waals surface area (Å²) in [5.74, 6) is 0.188. The normalized spacial score (nSPS) is 16.1. The van der Waals surface area contributed by atoms with Crippen molar-refractivity contribution in [3.05, 3.63) is 38.3 Å². The van der Waals surface area contributed by atoms with E-state index in [9.17, 15) is 14.7 Å². The van der Waals surface area contributed by atoms with Gasteiger partial charge in [-0.05, 0) is 47.9 Å². The average Bonchev–Trinajstić information content (AvgIpc) is 2.80. The SMILES string of the molecule is O=C(O)C(C(=O)/C=C/c1cccs1)=C1SCCCCS1. The molecule has 1 saturated heterocycles. The number of carbonyl (C=O) groups is 2. The average molecular weight is 326 g/mol. The van der Waals surface area contributed by atoms with E-state index in [1.165, 1.54) is 40.9 Å². The zero-order valence-electron chi connectivity index (χ0n) is 10.7. The molecule has 0 radical (unpaired) electrons. The molecular weight excluding hydrogens is 312 g/mol. The molecular formula is C14H14O3S3. The Morgan fingerprint density at radius 2 is 1.90 bits per heavy atom. The van der Waals surface area contributed by atoms with Crippen molar-refractivity contribution in [3.8, 4) is 0 Å². The van der Waals surface area contributed by atoms with Crippen LogP contribution in [0.5, 0.6) is 0 Å². The zero-order chi connectivity index (χ0) is 14.4. The second-order valence-electron chi connectivity index (χ2n) is 4.08. The van der Waals surface area contributed by atoms with Gasteiger partial charge < -0.3 is 5.11 Å². The van der Waals surface area contributed by atoms with E-state index in [-0.39, 0.29) is 5.57 Å². The molecule has 0 amide bonds. The summed E-state index contributed by atoms with van der Waals surface area (Å²) in [7, 11) is 0. The van der Waals surface area contributed by atoms with E-state index in [2.05, 4.69) is 0 Å². The van der Waals surface area contributed by atoms with Gasteiger partial charge >= 0.3 is 5.97 Å². The van der Waals surface area contributed by atoms with Gasteiger partial charge in [-0.15, -0.1) is 34.9 Å². The quantitative estimate of drug-likeness (QED) is 0.517. The first kappa shape index (κ1) is 15.4. The Labute approximate surface area is 130 Å². The fourth-order valence-corrected chi connectivity index (χ4v) is 4.82. The molecule has 20 heavy (non-hydrogen) atoms. The number of carboxylic acid groups (broad SMARTS) is 1. The maximum atomic E-state index is 12.1. The maximum absolute atomic E-state index is 12.1. The van der Waals surface area contributed by atoms with Crippen LogP contribution in [-0.4, -0.2) is 28.4 Å². The number of thioether (sulfide) groups is 2. The van der Waals surface area contributed by atoms with Crippen molar-refractivity contribution in [1.29, 1.82) is 0 Å². The molecule has 2 rings (SSSR count). The highest BCUT2D eigenvalue weighted by atomic mass is 32.2. The first-order valence-electron chi connectivity index (χ1n) is 6.17. The lowest BCUT2D eigenvalue weighted by Gasteiger charge is -2.06. The zero-order valence-corrected chi connectivity index (χ0v) is 13.2. The van der Waals surface area contributed by atoms with Gasteiger partial charge in [0.05, 0.1) is 4.24 Å². The molecule has 1 fully saturated rings. The predicted octanol–water partition coefficient (Wildman–Crippen LogP) is 3.89. The molecule has 6 heteroatoms. The van der Waals surface area contributed by atoms with Crippen molar-refractivity contribution in [3.63, 3.8) is 0 Å². The van der Waals surface area contributed by atoms with Crippen LogP contribution in [0.4, 0.5) is 0 Å². The molecule has 1 aromatic rings. The smallest absolute Gasteiger partial charge is 0.341 e. The van der Waals surface area contributed by atoms with E-state index >= 15 is 0 Å². The Kier molecular flexibility index (Phi) is 5.94. The lowest BCUT2D eigenvalue weighted by atomic mass is 10.2. The third kappa shape index (κ3) is 4.26. The van der Waals surface area contributed by atoms with Crippen LogP contribution in [0, 0.1) is 0 Å². The monoisotopic (exact) mass is 326 g/mol. The van der Waals surface area contributed by atoms with Crippen molar-refractivity contribution in [2.75, 3.05) is 11.5 Å². The van der Waals surface area contributed by atoms with Crippen molar-refractivity contribution in [2.24, 2.45) is 0 Å². The third-order valence-corrected chi connectivity index (χ3v) is 6.07. The summed E-state index contributed by atoms with van der Waals surface area (Å²) in [6, 6.07) is 3.78. The molecule has 2 heterocycles. The van der Waals surface area contributed by atoms with Gasteiger partial charge in [-0.3, -0.25) is 4.79 Å². The molecule has 1 aliphatic rings. The van der Waals surface area contributed by atoms with Gasteiger partial charge in [0.15, 0.2) is 5.78 Å². The van der Waals surface area contributed by atoms with Crippen LogP contribution in [-0.2, 0) is 9.59 Å². The van der Waals surface area contributed by atoms with Crippen LogP contribution in [0.1, 0.15) is 17.7 Å². The molecule has 0 spiro atoms. The van der Waals surface area contributed by atoms with Crippen molar-refractivity contribution in [1.82, 2.24) is 0 Å². The molecule has 0 atom stereocenters. The highest BCUT2D eigenvalue weighted by Crippen LogP contribution is 2.36. The highest BCUT2D eigenvalue weighted by molar-refractivity contribution is 8.22. The molecule has 1 aliphatic heterocycles. The minimum absolute atomic E-state index is 0.0882. The summed E-state index contributed by atoms with van der Waals surface area (Å²) in [5.41, 5.74) is -0.0882. The summed E-state index contributed by atoms with van der Waals surface area (Å²) >= 11 is 4.47. The fraction of sp³-hybridized carbons (Fsp3) is 0.286. The summed E-state index contributed by atoms with van der Waals surface area (Å²) in [6.07, 6.45) is 5.15. The summed E-state index contributed by atoms with van der Waals surface area (Å²) in [5, 5.41) is 11.2. The number of ketones is 1. The number of allylic oxidation sites excluding steroid dienone is 1. The summed E-state index contributed by atoms with van der Waals surface area (Å²) in [4.78, 5) is 24.5. The molecule has 1 N–H and O–H groups in total. The second-order valence-corrected chi connectivity index (χ2v) is 7.53. The van der Waals surface area contributed by atoms with Gasteiger partial charge in [-0.25, -0.2) is 4.79 Å². The minimum atomic E-state index is -1.14. The van der Waals surface area contributed by atoms with Crippen molar-refractivity contribution < 1.29 is 14.7 Å². The van der Waals surface area contributed by atoms with Gasteiger partial charge in [-0.1, -0.05) is 6.07 Å². The Bertz CT molecular complexity index is 534. The molecule has 1 aromatic heterocycles. The molecule has 0 bridgehead atoms. The lowest BCUT2D eigenvalue weighted by molar-refractivity contribution is -0.134. The van der Waals surface area contributed by atoms with Crippen LogP contribution >= 0.6 is 34.9 Å². The van der Waals surface area contributed by atoms with Gasteiger partial charge in [0, 0.05) is 4.88 Å². The molecule has 3 nitrogen and oxygen atoms in total. The standard InChI is InChI=1S/C14H14O3S3/c15-11(6-5-10-4-3-9-18-10)12(13(16)17)14-19-7-1-2-8-20-14/h3-6,9H,1-2,7-8H2,(H,16,17)/b6-5+. The van der Waals surface area contributed by atoms with Crippen molar-refractivity contribution in [2.45, 2.75) is 12.8 Å². The highest BCUT2D eigenvalue weighted by Gasteiger charge is 2.22. The van der Waals surface area contributed by atoms with Gasteiger partial charge in [0.25, 0.3) is 0 Å². The summed E-state index contributed by atoms with van der Waals surface area (Å²) in [6.45, 7) is 0. The number of hydrogen-bond donors (Lipinski definition) is 1. The maximum Gasteiger partial charge on any atom is 0.341 e. The molecule has 106 valence electrons. The van der Waals surface area contributed by atoms with E-state index in [1.807, 2.05) is 17.5 Å². The Morgan fingerprint density at radius 3 is 2.45 bits per heavy atom.